The molecule has 0 radical (unpaired) electrons. The number of aliphatic hydroxyl groups is 4. The van der Waals surface area contributed by atoms with E-state index in [9.17, 15) is 44.0 Å². The van der Waals surface area contributed by atoms with Crippen molar-refractivity contribution in [2.75, 3.05) is 26.4 Å². The first kappa shape index (κ1) is 58.0. The van der Waals surface area contributed by atoms with Crippen molar-refractivity contribution < 1.29 is 76.9 Å². The summed E-state index contributed by atoms with van der Waals surface area (Å²) in [5, 5.41) is 40.2. The van der Waals surface area contributed by atoms with E-state index in [0.717, 1.165) is 51.4 Å². The smallest absolute Gasteiger partial charge is 0.462 e. The SMILES string of the molecule is CCCCCCCCCCCCCCCC(=O)O[C@H](COC(=O)CCC[C@@H](O)[C@H](O)/C=C/C=C/C=C\C=C\[C@H](O)CCCCC)COP(=O)(O)OC[C@@H](O)COP(=O)(O)O. The van der Waals surface area contributed by atoms with E-state index >= 15 is 0 Å². The molecule has 0 aliphatic rings. The molecule has 16 nitrogen and oxygen atoms in total. The lowest BCUT2D eigenvalue weighted by Crippen LogP contribution is -2.30. The highest BCUT2D eigenvalue weighted by atomic mass is 31.2. The minimum Gasteiger partial charge on any atom is -0.462 e. The monoisotopic (exact) mass is 898 g/mol. The lowest BCUT2D eigenvalue weighted by atomic mass is 10.0. The Balaban J connectivity index is 4.83. The van der Waals surface area contributed by atoms with Crippen molar-refractivity contribution >= 4 is 27.6 Å². The summed E-state index contributed by atoms with van der Waals surface area (Å²) in [7, 11) is -9.79. The van der Waals surface area contributed by atoms with E-state index < -0.39 is 84.5 Å². The number of carbonyl (C=O) groups is 2. The molecule has 7 N–H and O–H groups in total. The van der Waals surface area contributed by atoms with Gasteiger partial charge in [0, 0.05) is 12.8 Å². The van der Waals surface area contributed by atoms with Crippen molar-refractivity contribution in [2.24, 2.45) is 0 Å². The van der Waals surface area contributed by atoms with Crippen molar-refractivity contribution in [2.45, 2.75) is 179 Å². The van der Waals surface area contributed by atoms with Crippen LogP contribution < -0.4 is 0 Å². The second kappa shape index (κ2) is 37.5. The van der Waals surface area contributed by atoms with Gasteiger partial charge in [-0.25, -0.2) is 9.13 Å². The maximum absolute atomic E-state index is 12.6. The van der Waals surface area contributed by atoms with Gasteiger partial charge in [0.15, 0.2) is 6.10 Å². The topological polar surface area (TPSA) is 256 Å². The lowest BCUT2D eigenvalue weighted by molar-refractivity contribution is -0.161. The number of ether oxygens (including phenoxy) is 2. The van der Waals surface area contributed by atoms with Gasteiger partial charge in [0.05, 0.1) is 38.1 Å². The Kier molecular flexibility index (Phi) is 36.2. The van der Waals surface area contributed by atoms with Gasteiger partial charge in [-0.1, -0.05) is 159 Å². The van der Waals surface area contributed by atoms with Crippen LogP contribution in [0.15, 0.2) is 48.6 Å². The highest BCUT2D eigenvalue weighted by Crippen LogP contribution is 2.43. The Morgan fingerprint density at radius 2 is 1.02 bits per heavy atom. The summed E-state index contributed by atoms with van der Waals surface area (Å²) in [5.74, 6) is -1.36. The van der Waals surface area contributed by atoms with Gasteiger partial charge in [0.25, 0.3) is 0 Å². The van der Waals surface area contributed by atoms with Gasteiger partial charge in [-0.3, -0.25) is 23.2 Å². The molecule has 0 saturated carbocycles. The van der Waals surface area contributed by atoms with E-state index in [-0.39, 0.29) is 25.7 Å². The number of rotatable bonds is 40. The van der Waals surface area contributed by atoms with Gasteiger partial charge in [0.1, 0.15) is 12.7 Å². The lowest BCUT2D eigenvalue weighted by Gasteiger charge is -2.20. The first-order valence-corrected chi connectivity index (χ1v) is 24.7. The molecule has 0 heterocycles. The van der Waals surface area contributed by atoms with Crippen molar-refractivity contribution in [1.29, 1.82) is 0 Å². The van der Waals surface area contributed by atoms with E-state index in [1.54, 1.807) is 42.5 Å². The number of hydrogen-bond acceptors (Lipinski definition) is 13. The predicted octanol–water partition coefficient (Wildman–Crippen LogP) is 7.58. The van der Waals surface area contributed by atoms with Crippen LogP contribution in [0.2, 0.25) is 0 Å². The zero-order valence-electron chi connectivity index (χ0n) is 35.9. The molecule has 0 aliphatic carbocycles. The zero-order valence-corrected chi connectivity index (χ0v) is 37.7. The standard InChI is InChI=1S/C42H76O16P2/c1-3-5-7-8-9-10-11-12-13-14-15-20-24-30-42(48)58-38(35-57-60(52,53)56-33-37(44)32-55-59(49,50)51)34-54-41(47)31-25-29-40(46)39(45)28-23-19-17-16-18-22-27-36(43)26-21-6-4-2/h16-19,22-23,27-28,36-40,43-46H,3-15,20-21,24-26,29-35H2,1-2H3,(H,52,53)(H2,49,50,51)/b18-16-,19-17+,27-22+,28-23+/t36-,37+,38-,39-,40-/m1/s1. The van der Waals surface area contributed by atoms with E-state index in [1.807, 2.05) is 0 Å². The largest absolute Gasteiger partial charge is 0.472 e. The first-order valence-electron chi connectivity index (χ1n) is 21.7. The summed E-state index contributed by atoms with van der Waals surface area (Å²) in [6.45, 7) is 1.26. The minimum absolute atomic E-state index is 0.0595. The van der Waals surface area contributed by atoms with Crippen LogP contribution >= 0.6 is 15.6 Å². The van der Waals surface area contributed by atoms with Crippen molar-refractivity contribution in [3.05, 3.63) is 48.6 Å². The summed E-state index contributed by atoms with van der Waals surface area (Å²) < 4.78 is 47.5. The highest BCUT2D eigenvalue weighted by Gasteiger charge is 2.28. The molecular weight excluding hydrogens is 822 g/mol. The van der Waals surface area contributed by atoms with Gasteiger partial charge in [-0.2, -0.15) is 0 Å². The maximum atomic E-state index is 12.6. The number of phosphoric ester groups is 2. The van der Waals surface area contributed by atoms with E-state index in [0.29, 0.717) is 6.42 Å². The van der Waals surface area contributed by atoms with Crippen molar-refractivity contribution in [3.8, 4) is 0 Å². The van der Waals surface area contributed by atoms with Crippen LogP contribution in [0.4, 0.5) is 0 Å². The molecule has 350 valence electrons. The zero-order chi connectivity index (χ0) is 44.9. The molecule has 0 fully saturated rings. The van der Waals surface area contributed by atoms with Gasteiger partial charge < -0.3 is 44.6 Å². The number of aliphatic hydroxyl groups excluding tert-OH is 4. The molecule has 0 spiro atoms. The second-order valence-electron chi connectivity index (χ2n) is 14.8. The van der Waals surface area contributed by atoms with Gasteiger partial charge >= 0.3 is 27.6 Å². The van der Waals surface area contributed by atoms with Crippen molar-refractivity contribution in [1.82, 2.24) is 0 Å². The van der Waals surface area contributed by atoms with Gasteiger partial charge in [-0.05, 0) is 25.7 Å². The third-order valence-electron chi connectivity index (χ3n) is 9.08. The number of unbranched alkanes of at least 4 members (excludes halogenated alkanes) is 14. The Hall–Kier alpha value is -2.04. The van der Waals surface area contributed by atoms with E-state index in [2.05, 4.69) is 22.9 Å². The van der Waals surface area contributed by atoms with Crippen LogP contribution in [0.25, 0.3) is 0 Å². The van der Waals surface area contributed by atoms with Crippen LogP contribution in [-0.4, -0.2) is 104 Å². The summed E-state index contributed by atoms with van der Waals surface area (Å²) in [4.78, 5) is 52.7. The number of carbonyl (C=O) groups excluding carboxylic acids is 2. The highest BCUT2D eigenvalue weighted by molar-refractivity contribution is 7.47. The Morgan fingerprint density at radius 3 is 1.60 bits per heavy atom. The van der Waals surface area contributed by atoms with E-state index in [1.165, 1.54) is 57.4 Å². The maximum Gasteiger partial charge on any atom is 0.472 e. The van der Waals surface area contributed by atoms with Crippen LogP contribution in [0, 0.1) is 0 Å². The molecule has 0 aromatic heterocycles. The molecule has 0 aromatic rings. The van der Waals surface area contributed by atoms with Crippen LogP contribution in [0.3, 0.4) is 0 Å². The Morgan fingerprint density at radius 1 is 0.533 bits per heavy atom. The fourth-order valence-electron chi connectivity index (χ4n) is 5.61. The molecular formula is C42H76O16P2. The fourth-order valence-corrected chi connectivity index (χ4v) is 6.77. The molecule has 0 amide bonds. The molecule has 0 aromatic carbocycles. The van der Waals surface area contributed by atoms with Crippen LogP contribution in [0.5, 0.6) is 0 Å². The van der Waals surface area contributed by atoms with Crippen molar-refractivity contribution in [3.63, 3.8) is 0 Å². The van der Waals surface area contributed by atoms with Crippen LogP contribution in [-0.2, 0) is 41.8 Å². The fraction of sp³-hybridized carbons (Fsp3) is 0.762. The average molecular weight is 899 g/mol. The summed E-state index contributed by atoms with van der Waals surface area (Å²) in [6, 6.07) is 0. The third kappa shape index (κ3) is 38.9. The molecule has 0 rings (SSSR count). The summed E-state index contributed by atoms with van der Waals surface area (Å²) in [6.07, 6.45) is 26.2. The number of hydrogen-bond donors (Lipinski definition) is 7. The van der Waals surface area contributed by atoms with Crippen LogP contribution in [0.1, 0.15) is 149 Å². The average Bonchev–Trinajstić information content (AvgIpc) is 3.19. The summed E-state index contributed by atoms with van der Waals surface area (Å²) in [5.41, 5.74) is 0. The minimum atomic E-state index is -4.90. The molecule has 0 saturated heterocycles. The molecule has 6 atom stereocenters. The first-order chi connectivity index (χ1) is 28.6. The molecule has 18 heteroatoms. The molecule has 0 aliphatic heterocycles. The van der Waals surface area contributed by atoms with E-state index in [4.69, 9.17) is 23.8 Å². The predicted molar refractivity (Wildman–Crippen MR) is 229 cm³/mol. The third-order valence-corrected chi connectivity index (χ3v) is 10.5. The second-order valence-corrected chi connectivity index (χ2v) is 17.5. The quantitative estimate of drug-likeness (QED) is 0.0135. The van der Waals surface area contributed by atoms with Gasteiger partial charge in [-0.15, -0.1) is 0 Å². The molecule has 0 bridgehead atoms. The van der Waals surface area contributed by atoms with Gasteiger partial charge in [0.2, 0.25) is 0 Å². The number of esters is 2. The molecule has 60 heavy (non-hydrogen) atoms. The normalized spacial score (nSPS) is 16.1. The number of allylic oxidation sites excluding steroid dienone is 6. The Labute approximate surface area is 357 Å². The molecule has 1 unspecified atom stereocenters. The summed E-state index contributed by atoms with van der Waals surface area (Å²) >= 11 is 0. The Bertz CT molecular complexity index is 1300. The number of phosphoric acid groups is 2.